The van der Waals surface area contributed by atoms with Crippen LogP contribution in [0.15, 0.2) is 18.5 Å². The van der Waals surface area contributed by atoms with Gasteiger partial charge in [-0.25, -0.2) is 0 Å². The number of pyridine rings is 1. The fourth-order valence-corrected chi connectivity index (χ4v) is 8.74. The first kappa shape index (κ1) is 20.8. The minimum atomic E-state index is -0.455. The Hall–Kier alpha value is -1.82. The average Bonchev–Trinajstić information content (AvgIpc) is 3.32. The number of hydrogen-bond donors (Lipinski definition) is 1. The summed E-state index contributed by atoms with van der Waals surface area (Å²) in [5.41, 5.74) is 1.22. The van der Waals surface area contributed by atoms with Gasteiger partial charge in [0.25, 0.3) is 0 Å². The van der Waals surface area contributed by atoms with E-state index in [0.717, 1.165) is 48.0 Å². The Bertz CT molecular complexity index is 999. The normalized spacial score (nSPS) is 43.5. The highest BCUT2D eigenvalue weighted by Gasteiger charge is 2.58. The number of aliphatic hydroxyl groups is 1. The summed E-state index contributed by atoms with van der Waals surface area (Å²) in [6.07, 6.45) is 13.8. The fraction of sp³-hybridized carbons (Fsp3) is 0.769. The lowest BCUT2D eigenvalue weighted by atomic mass is 9.49. The van der Waals surface area contributed by atoms with Crippen LogP contribution in [0.5, 0.6) is 0 Å². The number of fused-ring (bicyclic) bond motifs is 6. The van der Waals surface area contributed by atoms with Crippen molar-refractivity contribution in [3.63, 3.8) is 0 Å². The lowest BCUT2D eigenvalue weighted by Gasteiger charge is -2.56. The predicted molar refractivity (Wildman–Crippen MR) is 122 cm³/mol. The zero-order valence-electron chi connectivity index (χ0n) is 19.4. The highest BCUT2D eigenvalue weighted by Crippen LogP contribution is 2.64. The van der Waals surface area contributed by atoms with Crippen LogP contribution in [0.25, 0.3) is 11.0 Å². The minimum absolute atomic E-state index is 0.124. The van der Waals surface area contributed by atoms with Crippen molar-refractivity contribution in [3.8, 4) is 0 Å². The second-order valence-corrected chi connectivity index (χ2v) is 11.9. The molecular formula is C26H36N4O2. The van der Waals surface area contributed by atoms with E-state index < -0.39 is 5.60 Å². The highest BCUT2D eigenvalue weighted by atomic mass is 16.3. The maximum Gasteiger partial charge on any atom is 0.159 e. The lowest BCUT2D eigenvalue weighted by molar-refractivity contribution is -0.133. The van der Waals surface area contributed by atoms with Gasteiger partial charge in [-0.1, -0.05) is 6.92 Å². The van der Waals surface area contributed by atoms with Crippen LogP contribution >= 0.6 is 0 Å². The molecule has 2 heterocycles. The first-order chi connectivity index (χ1) is 15.3. The van der Waals surface area contributed by atoms with Crippen molar-refractivity contribution in [1.29, 1.82) is 0 Å². The predicted octanol–water partition coefficient (Wildman–Crippen LogP) is 4.42. The third-order valence-corrected chi connectivity index (χ3v) is 10.1. The van der Waals surface area contributed by atoms with Gasteiger partial charge in [0.15, 0.2) is 5.78 Å². The van der Waals surface area contributed by atoms with Crippen LogP contribution < -0.4 is 0 Å². The van der Waals surface area contributed by atoms with E-state index in [4.69, 9.17) is 0 Å². The van der Waals surface area contributed by atoms with Crippen molar-refractivity contribution in [2.75, 3.05) is 0 Å². The van der Waals surface area contributed by atoms with E-state index in [1.807, 2.05) is 13.0 Å². The third-order valence-electron chi connectivity index (χ3n) is 10.1. The van der Waals surface area contributed by atoms with Crippen molar-refractivity contribution in [2.24, 2.45) is 40.9 Å². The van der Waals surface area contributed by atoms with Crippen molar-refractivity contribution in [1.82, 2.24) is 20.0 Å². The Morgan fingerprint density at radius 2 is 1.84 bits per heavy atom. The maximum atomic E-state index is 13.5. The Morgan fingerprint density at radius 1 is 1.03 bits per heavy atom. The summed E-state index contributed by atoms with van der Waals surface area (Å²) in [5, 5.41) is 19.6. The molecule has 2 aromatic heterocycles. The second kappa shape index (κ2) is 7.34. The highest BCUT2D eigenvalue weighted by molar-refractivity contribution is 5.82. The molecule has 0 aromatic carbocycles. The molecular weight excluding hydrogens is 400 g/mol. The van der Waals surface area contributed by atoms with Gasteiger partial charge in [-0.2, -0.15) is 15.0 Å². The van der Waals surface area contributed by atoms with Crippen LogP contribution in [-0.2, 0) is 11.3 Å². The van der Waals surface area contributed by atoms with E-state index in [1.165, 1.54) is 38.5 Å². The molecule has 6 heteroatoms. The number of nitrogens with zero attached hydrogens (tertiary/aromatic N) is 4. The molecule has 0 aliphatic heterocycles. The molecule has 32 heavy (non-hydrogen) atoms. The SMILES string of the molecule is CC1(O)CCC2C(CCC3C2CCC2(C)C(C(=O)Cn4nc5ccncc5n4)CCC32)C1. The van der Waals surface area contributed by atoms with Crippen LogP contribution in [0.1, 0.15) is 71.6 Å². The summed E-state index contributed by atoms with van der Waals surface area (Å²) < 4.78 is 0. The van der Waals surface area contributed by atoms with E-state index in [0.29, 0.717) is 17.6 Å². The molecule has 172 valence electrons. The van der Waals surface area contributed by atoms with Crippen molar-refractivity contribution in [2.45, 2.75) is 83.8 Å². The average molecular weight is 437 g/mol. The molecule has 2 aromatic rings. The van der Waals surface area contributed by atoms with Gasteiger partial charge in [-0.15, -0.1) is 0 Å². The van der Waals surface area contributed by atoms with Crippen LogP contribution in [0.2, 0.25) is 0 Å². The lowest BCUT2D eigenvalue weighted by Crippen LogP contribution is -2.51. The van der Waals surface area contributed by atoms with E-state index in [9.17, 15) is 9.90 Å². The van der Waals surface area contributed by atoms with Crippen molar-refractivity contribution in [3.05, 3.63) is 18.5 Å². The van der Waals surface area contributed by atoms with Gasteiger partial charge in [-0.3, -0.25) is 9.78 Å². The zero-order chi connectivity index (χ0) is 22.1. The largest absolute Gasteiger partial charge is 0.390 e. The van der Waals surface area contributed by atoms with E-state index >= 15 is 0 Å². The van der Waals surface area contributed by atoms with E-state index in [2.05, 4.69) is 22.1 Å². The molecule has 0 bridgehead atoms. The molecule has 4 fully saturated rings. The molecule has 0 amide bonds. The molecule has 8 atom stereocenters. The van der Waals surface area contributed by atoms with Gasteiger partial charge in [0.1, 0.15) is 17.6 Å². The maximum absolute atomic E-state index is 13.5. The van der Waals surface area contributed by atoms with Gasteiger partial charge in [0.2, 0.25) is 0 Å². The summed E-state index contributed by atoms with van der Waals surface area (Å²) in [6, 6.07) is 1.85. The minimum Gasteiger partial charge on any atom is -0.390 e. The summed E-state index contributed by atoms with van der Waals surface area (Å²) in [7, 11) is 0. The first-order valence-electron chi connectivity index (χ1n) is 12.7. The van der Waals surface area contributed by atoms with Gasteiger partial charge in [0.05, 0.1) is 11.8 Å². The molecule has 1 N–H and O–H groups in total. The fourth-order valence-electron chi connectivity index (χ4n) is 8.74. The summed E-state index contributed by atoms with van der Waals surface area (Å²) in [4.78, 5) is 19.2. The number of ketones is 1. The second-order valence-electron chi connectivity index (χ2n) is 11.9. The van der Waals surface area contributed by atoms with Gasteiger partial charge >= 0.3 is 0 Å². The Morgan fingerprint density at radius 3 is 2.69 bits per heavy atom. The third kappa shape index (κ3) is 3.24. The molecule has 0 saturated heterocycles. The Labute approximate surface area is 190 Å². The Balaban J connectivity index is 1.18. The number of aromatic nitrogens is 4. The van der Waals surface area contributed by atoms with Crippen LogP contribution in [0, 0.1) is 40.9 Å². The van der Waals surface area contributed by atoms with E-state index in [-0.39, 0.29) is 17.9 Å². The molecule has 6 nitrogen and oxygen atoms in total. The number of rotatable bonds is 3. The quantitative estimate of drug-likeness (QED) is 0.771. The summed E-state index contributed by atoms with van der Waals surface area (Å²) >= 11 is 0. The van der Waals surface area contributed by atoms with Crippen LogP contribution in [0.3, 0.4) is 0 Å². The summed E-state index contributed by atoms with van der Waals surface area (Å²) in [6.45, 7) is 4.72. The van der Waals surface area contributed by atoms with Gasteiger partial charge < -0.3 is 5.11 Å². The standard InChI is InChI=1S/C26H36N4O2/c1-25(32)10-7-17-16(13-25)3-4-19-18(17)8-11-26(2)20(19)5-6-21(26)24(31)15-30-28-22-9-12-27-14-23(22)29-30/h9,12,14,16-21,32H,3-8,10-11,13,15H2,1-2H3. The molecule has 0 spiro atoms. The van der Waals surface area contributed by atoms with Crippen LogP contribution in [-0.4, -0.2) is 36.5 Å². The van der Waals surface area contributed by atoms with Gasteiger partial charge in [-0.05, 0) is 106 Å². The summed E-state index contributed by atoms with van der Waals surface area (Å²) in [5.74, 6) is 4.19. The molecule has 4 aliphatic rings. The van der Waals surface area contributed by atoms with Crippen molar-refractivity contribution >= 4 is 16.8 Å². The molecule has 0 radical (unpaired) electrons. The number of Topliss-reactive ketones (excluding diaryl/α,β-unsaturated/α-hetero) is 1. The monoisotopic (exact) mass is 436 g/mol. The molecule has 6 rings (SSSR count). The smallest absolute Gasteiger partial charge is 0.159 e. The topological polar surface area (TPSA) is 80.9 Å². The molecule has 4 saturated carbocycles. The Kier molecular flexibility index (Phi) is 4.76. The first-order valence-corrected chi connectivity index (χ1v) is 12.7. The van der Waals surface area contributed by atoms with Crippen molar-refractivity contribution < 1.29 is 9.90 Å². The van der Waals surface area contributed by atoms with E-state index in [1.54, 1.807) is 17.2 Å². The number of carbonyl (C=O) groups is 1. The molecule has 8 unspecified atom stereocenters. The molecule has 4 aliphatic carbocycles. The number of hydrogen-bond acceptors (Lipinski definition) is 5. The zero-order valence-corrected chi connectivity index (χ0v) is 19.4. The van der Waals surface area contributed by atoms with Crippen LogP contribution in [0.4, 0.5) is 0 Å². The van der Waals surface area contributed by atoms with Gasteiger partial charge in [0, 0.05) is 12.1 Å². The number of carbonyl (C=O) groups excluding carboxylic acids is 1.